The van der Waals surface area contributed by atoms with Gasteiger partial charge in [-0.1, -0.05) is 34.6 Å². The van der Waals surface area contributed by atoms with Crippen molar-refractivity contribution in [2.45, 2.75) is 77.1 Å². The van der Waals surface area contributed by atoms with Gasteiger partial charge in [-0.2, -0.15) is 0 Å². The van der Waals surface area contributed by atoms with Crippen LogP contribution in [-0.4, -0.2) is 29.5 Å². The van der Waals surface area contributed by atoms with Gasteiger partial charge in [-0.05, 0) is 35.8 Å². The molecule has 1 aromatic rings. The standard InChI is InChI=1S/C21H30O4/c1-10(2)11-9-12-14-18(15(11)22)25-13-7-8-20(3,4)19(21(13,14)5)16(23)17(12)24-6/h9-10,13,16-17,19,22-23H,7-8H2,1-6H3/t13-,16+,17+,19+,21-/m1/s1. The van der Waals surface area contributed by atoms with E-state index in [-0.39, 0.29) is 40.6 Å². The van der Waals surface area contributed by atoms with Gasteiger partial charge < -0.3 is 19.7 Å². The van der Waals surface area contributed by atoms with Gasteiger partial charge in [0.05, 0.1) is 6.10 Å². The monoisotopic (exact) mass is 346 g/mol. The predicted molar refractivity (Wildman–Crippen MR) is 96.2 cm³/mol. The number of phenolic OH excluding ortho intramolecular Hbond substituents is 1. The van der Waals surface area contributed by atoms with Crippen LogP contribution in [-0.2, 0) is 10.2 Å². The third kappa shape index (κ3) is 1.95. The summed E-state index contributed by atoms with van der Waals surface area (Å²) >= 11 is 0. The van der Waals surface area contributed by atoms with Crippen LogP contribution in [0.15, 0.2) is 6.07 Å². The smallest absolute Gasteiger partial charge is 0.165 e. The van der Waals surface area contributed by atoms with Crippen LogP contribution in [0.3, 0.4) is 0 Å². The van der Waals surface area contributed by atoms with Gasteiger partial charge >= 0.3 is 0 Å². The zero-order chi connectivity index (χ0) is 18.3. The third-order valence-corrected chi connectivity index (χ3v) is 7.16. The molecule has 0 bridgehead atoms. The lowest BCUT2D eigenvalue weighted by Gasteiger charge is -2.57. The maximum absolute atomic E-state index is 11.3. The van der Waals surface area contributed by atoms with Crippen molar-refractivity contribution < 1.29 is 19.7 Å². The predicted octanol–water partition coefficient (Wildman–Crippen LogP) is 4.03. The van der Waals surface area contributed by atoms with Gasteiger partial charge in [-0.25, -0.2) is 0 Å². The molecule has 4 rings (SSSR count). The summed E-state index contributed by atoms with van der Waals surface area (Å²) < 4.78 is 12.1. The summed E-state index contributed by atoms with van der Waals surface area (Å²) in [4.78, 5) is 0. The van der Waals surface area contributed by atoms with Gasteiger partial charge in [0.25, 0.3) is 0 Å². The van der Waals surface area contributed by atoms with Crippen LogP contribution in [0.2, 0.25) is 0 Å². The second kappa shape index (κ2) is 5.14. The summed E-state index contributed by atoms with van der Waals surface area (Å²) in [5.74, 6) is 1.10. The number of aliphatic hydroxyl groups is 1. The molecular formula is C21H30O4. The van der Waals surface area contributed by atoms with Crippen molar-refractivity contribution in [3.63, 3.8) is 0 Å². The molecular weight excluding hydrogens is 316 g/mol. The normalized spacial score (nSPS) is 37.8. The average Bonchev–Trinajstić information content (AvgIpc) is 2.82. The largest absolute Gasteiger partial charge is 0.504 e. The second-order valence-corrected chi connectivity index (χ2v) is 9.30. The van der Waals surface area contributed by atoms with E-state index in [2.05, 4.69) is 34.6 Å². The van der Waals surface area contributed by atoms with Crippen LogP contribution in [0.1, 0.15) is 76.2 Å². The Kier molecular flexibility index (Phi) is 3.53. The highest BCUT2D eigenvalue weighted by Crippen LogP contribution is 2.66. The molecule has 4 heteroatoms. The zero-order valence-corrected chi connectivity index (χ0v) is 16.1. The van der Waals surface area contributed by atoms with Crippen molar-refractivity contribution in [3.05, 3.63) is 22.8 Å². The van der Waals surface area contributed by atoms with E-state index in [1.807, 2.05) is 6.07 Å². The first-order valence-electron chi connectivity index (χ1n) is 9.42. The lowest BCUT2D eigenvalue weighted by molar-refractivity contribution is -0.140. The first kappa shape index (κ1) is 17.2. The number of phenols is 1. The van der Waals surface area contributed by atoms with E-state index in [0.717, 1.165) is 29.5 Å². The number of hydrogen-bond acceptors (Lipinski definition) is 4. The average molecular weight is 346 g/mol. The number of benzene rings is 1. The first-order valence-corrected chi connectivity index (χ1v) is 9.42. The van der Waals surface area contributed by atoms with E-state index < -0.39 is 6.10 Å². The minimum atomic E-state index is -0.584. The summed E-state index contributed by atoms with van der Waals surface area (Å²) in [7, 11) is 1.66. The molecule has 1 fully saturated rings. The number of aliphatic hydroxyl groups excluding tert-OH is 1. The number of ether oxygens (including phenoxy) is 2. The maximum Gasteiger partial charge on any atom is 0.165 e. The second-order valence-electron chi connectivity index (χ2n) is 9.30. The molecule has 0 amide bonds. The molecule has 0 unspecified atom stereocenters. The van der Waals surface area contributed by atoms with E-state index in [1.165, 1.54) is 0 Å². The van der Waals surface area contributed by atoms with E-state index >= 15 is 0 Å². The first-order chi connectivity index (χ1) is 11.6. The summed E-state index contributed by atoms with van der Waals surface area (Å²) in [5, 5.41) is 22.2. The highest BCUT2D eigenvalue weighted by atomic mass is 16.5. The van der Waals surface area contributed by atoms with Crippen LogP contribution in [0.25, 0.3) is 0 Å². The molecule has 25 heavy (non-hydrogen) atoms. The van der Waals surface area contributed by atoms with Gasteiger partial charge in [-0.15, -0.1) is 0 Å². The highest BCUT2D eigenvalue weighted by Gasteiger charge is 2.65. The quantitative estimate of drug-likeness (QED) is 0.849. The Morgan fingerprint density at radius 2 is 1.96 bits per heavy atom. The van der Waals surface area contributed by atoms with Gasteiger partial charge in [0.15, 0.2) is 11.5 Å². The molecule has 138 valence electrons. The Morgan fingerprint density at radius 3 is 2.56 bits per heavy atom. The van der Waals surface area contributed by atoms with E-state index in [1.54, 1.807) is 7.11 Å². The SMILES string of the molecule is CO[C@H]1c2cc(C(C)C)c(O)c3c2[C@@]2(C)[C@@H](CCC(C)(C)[C@@H]2[C@H]1O)O3. The van der Waals surface area contributed by atoms with Crippen molar-refractivity contribution in [3.8, 4) is 11.5 Å². The lowest BCUT2D eigenvalue weighted by Crippen LogP contribution is -2.60. The van der Waals surface area contributed by atoms with Crippen LogP contribution in [0.4, 0.5) is 0 Å². The lowest BCUT2D eigenvalue weighted by atomic mass is 9.48. The molecule has 0 aromatic heterocycles. The Bertz CT molecular complexity index is 723. The molecule has 0 radical (unpaired) electrons. The number of hydrogen-bond donors (Lipinski definition) is 2. The van der Waals surface area contributed by atoms with E-state index in [4.69, 9.17) is 9.47 Å². The number of rotatable bonds is 2. The fourth-order valence-corrected chi connectivity index (χ4v) is 6.08. The summed E-state index contributed by atoms with van der Waals surface area (Å²) in [6, 6.07) is 2.03. The van der Waals surface area contributed by atoms with Crippen molar-refractivity contribution >= 4 is 0 Å². The van der Waals surface area contributed by atoms with Crippen molar-refractivity contribution in [1.29, 1.82) is 0 Å². The summed E-state index contributed by atoms with van der Waals surface area (Å²) in [6.07, 6.45) is 0.964. The third-order valence-electron chi connectivity index (χ3n) is 7.16. The van der Waals surface area contributed by atoms with Crippen molar-refractivity contribution in [2.24, 2.45) is 11.3 Å². The Balaban J connectivity index is 2.05. The van der Waals surface area contributed by atoms with Gasteiger partial charge in [0, 0.05) is 29.6 Å². The van der Waals surface area contributed by atoms with E-state index in [9.17, 15) is 10.2 Å². The van der Waals surface area contributed by atoms with E-state index in [0.29, 0.717) is 5.75 Å². The number of aromatic hydroxyl groups is 1. The molecule has 0 spiro atoms. The minimum absolute atomic E-state index is 0.0000402. The zero-order valence-electron chi connectivity index (χ0n) is 16.1. The van der Waals surface area contributed by atoms with Crippen LogP contribution < -0.4 is 4.74 Å². The Hall–Kier alpha value is -1.26. The van der Waals surface area contributed by atoms with Crippen LogP contribution in [0, 0.1) is 11.3 Å². The minimum Gasteiger partial charge on any atom is -0.504 e. The fourth-order valence-electron chi connectivity index (χ4n) is 6.08. The van der Waals surface area contributed by atoms with Gasteiger partial charge in [-0.3, -0.25) is 0 Å². The molecule has 4 nitrogen and oxygen atoms in total. The van der Waals surface area contributed by atoms with Crippen molar-refractivity contribution in [2.75, 3.05) is 7.11 Å². The fraction of sp³-hybridized carbons (Fsp3) is 0.714. The summed E-state index contributed by atoms with van der Waals surface area (Å²) in [5.41, 5.74) is 2.60. The molecule has 0 saturated heterocycles. The highest BCUT2D eigenvalue weighted by molar-refractivity contribution is 5.64. The van der Waals surface area contributed by atoms with Crippen LogP contribution >= 0.6 is 0 Å². The molecule has 1 saturated carbocycles. The number of methoxy groups -OCH3 is 1. The van der Waals surface area contributed by atoms with Crippen molar-refractivity contribution in [1.82, 2.24) is 0 Å². The Morgan fingerprint density at radius 1 is 1.28 bits per heavy atom. The molecule has 1 aromatic carbocycles. The van der Waals surface area contributed by atoms with Gasteiger partial charge in [0.1, 0.15) is 12.2 Å². The molecule has 5 atom stereocenters. The molecule has 2 N–H and O–H groups in total. The Labute approximate surface area is 150 Å². The van der Waals surface area contributed by atoms with Gasteiger partial charge in [0.2, 0.25) is 0 Å². The molecule has 1 heterocycles. The topological polar surface area (TPSA) is 58.9 Å². The summed E-state index contributed by atoms with van der Waals surface area (Å²) in [6.45, 7) is 10.8. The molecule has 2 aliphatic carbocycles. The molecule has 3 aliphatic rings. The maximum atomic E-state index is 11.3. The molecule has 1 aliphatic heterocycles. The van der Waals surface area contributed by atoms with Crippen LogP contribution in [0.5, 0.6) is 11.5 Å².